The number of carbonyl (C=O) groups is 2. The van der Waals surface area contributed by atoms with E-state index in [1.807, 2.05) is 18.2 Å². The minimum absolute atomic E-state index is 0.324. The average molecular weight is 381 g/mol. The summed E-state index contributed by atoms with van der Waals surface area (Å²) in [4.78, 5) is 24.7. The fraction of sp³-hybridized carbons (Fsp3) is 0.0667. The highest BCUT2D eigenvalue weighted by Crippen LogP contribution is 2.17. The number of carbonyl (C=O) groups excluding carboxylic acids is 1. The van der Waals surface area contributed by atoms with E-state index >= 15 is 0 Å². The number of halogens is 1. The topological polar surface area (TPSA) is 57.6 Å². The SMILES string of the molecule is O=C(O)CN(C(=O)c1ccc(I)cc1)c1ccccc1. The summed E-state index contributed by atoms with van der Waals surface area (Å²) in [5.41, 5.74) is 1.04. The van der Waals surface area contributed by atoms with Crippen molar-refractivity contribution in [1.82, 2.24) is 0 Å². The van der Waals surface area contributed by atoms with Crippen molar-refractivity contribution in [1.29, 1.82) is 0 Å². The summed E-state index contributed by atoms with van der Waals surface area (Å²) in [5.74, 6) is -1.37. The van der Waals surface area contributed by atoms with Crippen LogP contribution in [-0.4, -0.2) is 23.5 Å². The summed E-state index contributed by atoms with van der Waals surface area (Å²) >= 11 is 2.15. The number of carboxylic acids is 1. The van der Waals surface area contributed by atoms with Gasteiger partial charge in [-0.1, -0.05) is 18.2 Å². The summed E-state index contributed by atoms with van der Waals surface area (Å²) in [6.07, 6.45) is 0. The molecule has 0 saturated heterocycles. The Morgan fingerprint density at radius 2 is 1.60 bits per heavy atom. The van der Waals surface area contributed by atoms with Crippen molar-refractivity contribution >= 4 is 40.2 Å². The average Bonchev–Trinajstić information content (AvgIpc) is 2.45. The Hall–Kier alpha value is -1.89. The highest BCUT2D eigenvalue weighted by molar-refractivity contribution is 14.1. The zero-order chi connectivity index (χ0) is 14.5. The smallest absolute Gasteiger partial charge is 0.323 e. The molecule has 1 amide bonds. The predicted octanol–water partition coefficient (Wildman–Crippen LogP) is 3.02. The van der Waals surface area contributed by atoms with Gasteiger partial charge < -0.3 is 5.11 Å². The fourth-order valence-electron chi connectivity index (χ4n) is 1.77. The van der Waals surface area contributed by atoms with Crippen molar-refractivity contribution in [3.63, 3.8) is 0 Å². The van der Waals surface area contributed by atoms with Gasteiger partial charge >= 0.3 is 5.97 Å². The number of hydrogen-bond acceptors (Lipinski definition) is 2. The highest BCUT2D eigenvalue weighted by atomic mass is 127. The van der Waals surface area contributed by atoms with Crippen molar-refractivity contribution in [2.24, 2.45) is 0 Å². The molecule has 0 atom stereocenters. The molecule has 0 aromatic heterocycles. The zero-order valence-corrected chi connectivity index (χ0v) is 12.6. The molecule has 0 aliphatic heterocycles. The Kier molecular flexibility index (Phi) is 4.73. The first kappa shape index (κ1) is 14.5. The number of amides is 1. The lowest BCUT2D eigenvalue weighted by Crippen LogP contribution is -2.35. The fourth-order valence-corrected chi connectivity index (χ4v) is 2.13. The Labute approximate surface area is 130 Å². The molecular weight excluding hydrogens is 369 g/mol. The number of hydrogen-bond donors (Lipinski definition) is 1. The van der Waals surface area contributed by atoms with Gasteiger partial charge in [0.2, 0.25) is 0 Å². The second kappa shape index (κ2) is 6.51. The predicted molar refractivity (Wildman–Crippen MR) is 84.9 cm³/mol. The van der Waals surface area contributed by atoms with Crippen molar-refractivity contribution in [2.45, 2.75) is 0 Å². The molecule has 0 fully saturated rings. The summed E-state index contributed by atoms with van der Waals surface area (Å²) in [7, 11) is 0. The van der Waals surface area contributed by atoms with E-state index in [1.54, 1.807) is 36.4 Å². The van der Waals surface area contributed by atoms with Gasteiger partial charge in [-0.3, -0.25) is 14.5 Å². The van der Waals surface area contributed by atoms with Gasteiger partial charge in [0.25, 0.3) is 5.91 Å². The van der Waals surface area contributed by atoms with Gasteiger partial charge in [0, 0.05) is 14.8 Å². The molecule has 102 valence electrons. The molecule has 2 aromatic carbocycles. The molecule has 2 rings (SSSR count). The molecule has 2 aromatic rings. The largest absolute Gasteiger partial charge is 0.480 e. The van der Waals surface area contributed by atoms with Gasteiger partial charge in [-0.15, -0.1) is 0 Å². The first-order valence-electron chi connectivity index (χ1n) is 5.92. The van der Waals surface area contributed by atoms with Crippen molar-refractivity contribution in [2.75, 3.05) is 11.4 Å². The molecule has 0 bridgehead atoms. The molecule has 0 radical (unpaired) electrons. The number of anilines is 1. The molecule has 1 N–H and O–H groups in total. The minimum Gasteiger partial charge on any atom is -0.480 e. The van der Waals surface area contributed by atoms with E-state index in [4.69, 9.17) is 5.11 Å². The van der Waals surface area contributed by atoms with Crippen LogP contribution in [0.3, 0.4) is 0 Å². The summed E-state index contributed by atoms with van der Waals surface area (Å²) in [5, 5.41) is 8.99. The van der Waals surface area contributed by atoms with Crippen LogP contribution in [0, 0.1) is 3.57 Å². The number of carboxylic acid groups (broad SMARTS) is 1. The summed E-state index contributed by atoms with van der Waals surface area (Å²) in [6.45, 7) is -0.366. The number of benzene rings is 2. The number of para-hydroxylation sites is 1. The Balaban J connectivity index is 2.34. The number of rotatable bonds is 4. The van der Waals surface area contributed by atoms with Crippen LogP contribution in [0.4, 0.5) is 5.69 Å². The maximum absolute atomic E-state index is 12.5. The van der Waals surface area contributed by atoms with E-state index in [0.717, 1.165) is 3.57 Å². The molecule has 0 aliphatic rings. The highest BCUT2D eigenvalue weighted by Gasteiger charge is 2.20. The lowest BCUT2D eigenvalue weighted by Gasteiger charge is -2.20. The standard InChI is InChI=1S/C15H12INO3/c16-12-8-6-11(7-9-12)15(20)17(10-14(18)19)13-4-2-1-3-5-13/h1-9H,10H2,(H,18,19). The molecule has 0 heterocycles. The third-order valence-electron chi connectivity index (χ3n) is 2.70. The maximum atomic E-state index is 12.5. The molecule has 0 saturated carbocycles. The van der Waals surface area contributed by atoms with Gasteiger partial charge in [0.15, 0.2) is 0 Å². The van der Waals surface area contributed by atoms with E-state index < -0.39 is 5.97 Å². The first-order chi connectivity index (χ1) is 9.58. The van der Waals surface area contributed by atoms with Crippen LogP contribution < -0.4 is 4.90 Å². The molecule has 0 unspecified atom stereocenters. The molecule has 0 spiro atoms. The van der Waals surface area contributed by atoms with Crippen LogP contribution in [0.1, 0.15) is 10.4 Å². The van der Waals surface area contributed by atoms with Crippen LogP contribution >= 0.6 is 22.6 Å². The third kappa shape index (κ3) is 3.57. The lowest BCUT2D eigenvalue weighted by atomic mass is 10.2. The van der Waals surface area contributed by atoms with E-state index in [9.17, 15) is 9.59 Å². The van der Waals surface area contributed by atoms with Crippen LogP contribution in [0.25, 0.3) is 0 Å². The maximum Gasteiger partial charge on any atom is 0.323 e. The molecule has 4 nitrogen and oxygen atoms in total. The van der Waals surface area contributed by atoms with E-state index in [2.05, 4.69) is 22.6 Å². The van der Waals surface area contributed by atoms with Crippen LogP contribution in [0.5, 0.6) is 0 Å². The lowest BCUT2D eigenvalue weighted by molar-refractivity contribution is -0.135. The van der Waals surface area contributed by atoms with Crippen molar-refractivity contribution < 1.29 is 14.7 Å². The van der Waals surface area contributed by atoms with Gasteiger partial charge in [-0.25, -0.2) is 0 Å². The summed E-state index contributed by atoms with van der Waals surface area (Å²) < 4.78 is 1.02. The molecular formula is C15H12INO3. The monoisotopic (exact) mass is 381 g/mol. The number of aliphatic carboxylic acids is 1. The normalized spacial score (nSPS) is 10.1. The Morgan fingerprint density at radius 1 is 1.00 bits per heavy atom. The second-order valence-corrected chi connectivity index (χ2v) is 5.37. The van der Waals surface area contributed by atoms with Gasteiger partial charge in [-0.05, 0) is 59.0 Å². The van der Waals surface area contributed by atoms with Crippen LogP contribution in [0.2, 0.25) is 0 Å². The molecule has 5 heteroatoms. The van der Waals surface area contributed by atoms with Gasteiger partial charge in [0.05, 0.1) is 0 Å². The van der Waals surface area contributed by atoms with Gasteiger partial charge in [0.1, 0.15) is 6.54 Å². The Bertz CT molecular complexity index is 611. The number of nitrogens with zero attached hydrogens (tertiary/aromatic N) is 1. The van der Waals surface area contributed by atoms with Crippen LogP contribution in [0.15, 0.2) is 54.6 Å². The van der Waals surface area contributed by atoms with E-state index in [-0.39, 0.29) is 12.5 Å². The molecule has 0 aliphatic carbocycles. The summed E-state index contributed by atoms with van der Waals surface area (Å²) in [6, 6.07) is 15.8. The minimum atomic E-state index is -1.05. The van der Waals surface area contributed by atoms with Crippen LogP contribution in [-0.2, 0) is 4.79 Å². The third-order valence-corrected chi connectivity index (χ3v) is 3.42. The Morgan fingerprint density at radius 3 is 2.15 bits per heavy atom. The van der Waals surface area contributed by atoms with Crippen molar-refractivity contribution in [3.05, 3.63) is 63.7 Å². The second-order valence-electron chi connectivity index (χ2n) is 4.13. The van der Waals surface area contributed by atoms with E-state index in [0.29, 0.717) is 11.3 Å². The zero-order valence-electron chi connectivity index (χ0n) is 10.5. The van der Waals surface area contributed by atoms with E-state index in [1.165, 1.54) is 4.90 Å². The first-order valence-corrected chi connectivity index (χ1v) is 7.00. The quantitative estimate of drug-likeness (QED) is 0.829. The molecule has 20 heavy (non-hydrogen) atoms. The van der Waals surface area contributed by atoms with Gasteiger partial charge in [-0.2, -0.15) is 0 Å². The van der Waals surface area contributed by atoms with Crippen molar-refractivity contribution in [3.8, 4) is 0 Å².